The topological polar surface area (TPSA) is 100 Å². The Morgan fingerprint density at radius 2 is 2.08 bits per heavy atom. The highest BCUT2D eigenvalue weighted by Crippen LogP contribution is 2.15. The molecule has 2 heterocycles. The first-order valence-corrected chi connectivity index (χ1v) is 7.69. The van der Waals surface area contributed by atoms with Crippen LogP contribution < -0.4 is 10.6 Å². The Hall–Kier alpha value is -3.09. The number of amides is 2. The highest BCUT2D eigenvalue weighted by Gasteiger charge is 2.14. The van der Waals surface area contributed by atoms with Crippen molar-refractivity contribution in [3.63, 3.8) is 0 Å². The molecule has 3 N–H and O–H groups in total. The minimum atomic E-state index is -0.335. The maximum Gasteiger partial charge on any atom is 0.286 e. The van der Waals surface area contributed by atoms with Gasteiger partial charge in [0.15, 0.2) is 5.76 Å². The van der Waals surface area contributed by atoms with Gasteiger partial charge in [0.05, 0.1) is 23.3 Å². The minimum Gasteiger partial charge on any atom is -0.459 e. The van der Waals surface area contributed by atoms with Crippen LogP contribution in [-0.4, -0.2) is 28.3 Å². The molecule has 0 saturated carbocycles. The molecule has 0 aliphatic heterocycles. The quantitative estimate of drug-likeness (QED) is 0.646. The van der Waals surface area contributed by atoms with Gasteiger partial charge in [-0.25, -0.2) is 4.98 Å². The van der Waals surface area contributed by atoms with Crippen molar-refractivity contribution in [3.8, 4) is 0 Å². The molecule has 0 saturated heterocycles. The third kappa shape index (κ3) is 3.62. The zero-order chi connectivity index (χ0) is 16.9. The summed E-state index contributed by atoms with van der Waals surface area (Å²) < 4.78 is 4.98. The zero-order valence-electron chi connectivity index (χ0n) is 13.2. The summed E-state index contributed by atoms with van der Waals surface area (Å²) in [5.74, 6) is 0.427. The molecule has 0 bridgehead atoms. The van der Waals surface area contributed by atoms with Crippen molar-refractivity contribution in [2.24, 2.45) is 0 Å². The summed E-state index contributed by atoms with van der Waals surface area (Å²) in [5, 5.41) is 5.49. The number of carbonyl (C=O) groups is 2. The third-order valence-corrected chi connectivity index (χ3v) is 3.58. The second kappa shape index (κ2) is 6.99. The molecule has 0 spiro atoms. The molecule has 1 aromatic carbocycles. The van der Waals surface area contributed by atoms with E-state index in [0.29, 0.717) is 5.82 Å². The van der Waals surface area contributed by atoms with Crippen LogP contribution >= 0.6 is 0 Å². The Labute approximate surface area is 138 Å². The summed E-state index contributed by atoms with van der Waals surface area (Å²) in [6.45, 7) is 2.09. The predicted octanol–water partition coefficient (Wildman–Crippen LogP) is 2.15. The summed E-state index contributed by atoms with van der Waals surface area (Å²) in [7, 11) is 0. The molecule has 0 unspecified atom stereocenters. The second-order valence-electron chi connectivity index (χ2n) is 5.41. The zero-order valence-corrected chi connectivity index (χ0v) is 13.2. The van der Waals surface area contributed by atoms with E-state index in [0.717, 1.165) is 11.0 Å². The van der Waals surface area contributed by atoms with Crippen LogP contribution in [0.3, 0.4) is 0 Å². The predicted molar refractivity (Wildman–Crippen MR) is 88.3 cm³/mol. The highest BCUT2D eigenvalue weighted by molar-refractivity contribution is 5.91. The SMILES string of the molecule is C[C@H](NC(=O)CCNC(=O)c1ccco1)c1nc2ccccc2[nH]1. The summed E-state index contributed by atoms with van der Waals surface area (Å²) in [4.78, 5) is 31.3. The fraction of sp³-hybridized carbons (Fsp3) is 0.235. The number of hydrogen-bond acceptors (Lipinski definition) is 4. The lowest BCUT2D eigenvalue weighted by molar-refractivity contribution is -0.121. The fourth-order valence-corrected chi connectivity index (χ4v) is 2.34. The van der Waals surface area contributed by atoms with Gasteiger partial charge in [0.1, 0.15) is 5.82 Å². The molecule has 3 aromatic rings. The van der Waals surface area contributed by atoms with Crippen LogP contribution in [0.5, 0.6) is 0 Å². The molecular formula is C17H18N4O3. The number of aromatic nitrogens is 2. The third-order valence-electron chi connectivity index (χ3n) is 3.58. The Morgan fingerprint density at radius 1 is 1.25 bits per heavy atom. The van der Waals surface area contributed by atoms with E-state index in [-0.39, 0.29) is 36.6 Å². The van der Waals surface area contributed by atoms with E-state index in [1.54, 1.807) is 12.1 Å². The standard InChI is InChI=1S/C17H18N4O3/c1-11(16-20-12-5-2-3-6-13(12)21-16)19-15(22)8-9-18-17(23)14-7-4-10-24-14/h2-7,10-11H,8-9H2,1H3,(H,18,23)(H,19,22)(H,20,21)/t11-/m0/s1. The number of nitrogens with one attached hydrogen (secondary N) is 3. The second-order valence-corrected chi connectivity index (χ2v) is 5.41. The van der Waals surface area contributed by atoms with E-state index in [1.807, 2.05) is 31.2 Å². The van der Waals surface area contributed by atoms with Crippen LogP contribution in [0.15, 0.2) is 47.1 Å². The summed E-state index contributed by atoms with van der Waals surface area (Å²) in [6.07, 6.45) is 1.60. The van der Waals surface area contributed by atoms with E-state index < -0.39 is 0 Å². The molecule has 2 amide bonds. The molecule has 2 aromatic heterocycles. The van der Waals surface area contributed by atoms with Gasteiger partial charge in [0.25, 0.3) is 5.91 Å². The molecular weight excluding hydrogens is 308 g/mol. The van der Waals surface area contributed by atoms with Gasteiger partial charge >= 0.3 is 0 Å². The number of imidazole rings is 1. The van der Waals surface area contributed by atoms with Crippen molar-refractivity contribution in [3.05, 3.63) is 54.2 Å². The Balaban J connectivity index is 1.48. The lowest BCUT2D eigenvalue weighted by Gasteiger charge is -2.11. The molecule has 7 nitrogen and oxygen atoms in total. The smallest absolute Gasteiger partial charge is 0.286 e. The molecule has 124 valence electrons. The number of fused-ring (bicyclic) bond motifs is 1. The monoisotopic (exact) mass is 326 g/mol. The number of hydrogen-bond donors (Lipinski definition) is 3. The number of rotatable bonds is 6. The first-order chi connectivity index (χ1) is 11.6. The van der Waals surface area contributed by atoms with Crippen molar-refractivity contribution in [2.75, 3.05) is 6.54 Å². The van der Waals surface area contributed by atoms with E-state index in [2.05, 4.69) is 20.6 Å². The lowest BCUT2D eigenvalue weighted by Crippen LogP contribution is -2.32. The van der Waals surface area contributed by atoms with Crippen LogP contribution in [-0.2, 0) is 4.79 Å². The molecule has 0 aliphatic rings. The number of nitrogens with zero attached hydrogens (tertiary/aromatic N) is 1. The Kier molecular flexibility index (Phi) is 4.60. The summed E-state index contributed by atoms with van der Waals surface area (Å²) >= 11 is 0. The van der Waals surface area contributed by atoms with E-state index in [9.17, 15) is 9.59 Å². The minimum absolute atomic E-state index is 0.164. The molecule has 0 aliphatic carbocycles. The van der Waals surface area contributed by atoms with Crippen molar-refractivity contribution in [1.29, 1.82) is 0 Å². The van der Waals surface area contributed by atoms with Gasteiger partial charge in [0, 0.05) is 13.0 Å². The summed E-state index contributed by atoms with van der Waals surface area (Å²) in [5.41, 5.74) is 1.79. The highest BCUT2D eigenvalue weighted by atomic mass is 16.3. The van der Waals surface area contributed by atoms with E-state index in [4.69, 9.17) is 4.42 Å². The molecule has 3 rings (SSSR count). The van der Waals surface area contributed by atoms with Crippen LogP contribution in [0.1, 0.15) is 35.8 Å². The van der Waals surface area contributed by atoms with Gasteiger partial charge in [0.2, 0.25) is 5.91 Å². The first-order valence-electron chi connectivity index (χ1n) is 7.69. The van der Waals surface area contributed by atoms with Crippen molar-refractivity contribution in [2.45, 2.75) is 19.4 Å². The number of furan rings is 1. The van der Waals surface area contributed by atoms with Gasteiger partial charge in [-0.15, -0.1) is 0 Å². The number of H-pyrrole nitrogens is 1. The van der Waals surface area contributed by atoms with E-state index >= 15 is 0 Å². The van der Waals surface area contributed by atoms with Crippen LogP contribution in [0, 0.1) is 0 Å². The Morgan fingerprint density at radius 3 is 2.83 bits per heavy atom. The molecule has 0 fully saturated rings. The van der Waals surface area contributed by atoms with Gasteiger partial charge in [-0.05, 0) is 31.2 Å². The molecule has 7 heteroatoms. The fourth-order valence-electron chi connectivity index (χ4n) is 2.34. The number of para-hydroxylation sites is 2. The first kappa shape index (κ1) is 15.8. The molecule has 0 radical (unpaired) electrons. The Bertz CT molecular complexity index is 806. The van der Waals surface area contributed by atoms with Gasteiger partial charge in [-0.3, -0.25) is 9.59 Å². The number of carbonyl (C=O) groups excluding carboxylic acids is 2. The normalized spacial score (nSPS) is 12.0. The van der Waals surface area contributed by atoms with Gasteiger partial charge in [-0.2, -0.15) is 0 Å². The van der Waals surface area contributed by atoms with Crippen LogP contribution in [0.25, 0.3) is 11.0 Å². The largest absolute Gasteiger partial charge is 0.459 e. The van der Waals surface area contributed by atoms with Crippen LogP contribution in [0.2, 0.25) is 0 Å². The average molecular weight is 326 g/mol. The molecule has 1 atom stereocenters. The van der Waals surface area contributed by atoms with Crippen molar-refractivity contribution < 1.29 is 14.0 Å². The maximum atomic E-state index is 12.0. The van der Waals surface area contributed by atoms with Gasteiger partial charge in [-0.1, -0.05) is 12.1 Å². The maximum absolute atomic E-state index is 12.0. The van der Waals surface area contributed by atoms with E-state index in [1.165, 1.54) is 6.26 Å². The van der Waals surface area contributed by atoms with Crippen LogP contribution in [0.4, 0.5) is 0 Å². The van der Waals surface area contributed by atoms with Gasteiger partial charge < -0.3 is 20.0 Å². The lowest BCUT2D eigenvalue weighted by atomic mass is 10.3. The summed E-state index contributed by atoms with van der Waals surface area (Å²) in [6, 6.07) is 10.6. The number of benzene rings is 1. The van der Waals surface area contributed by atoms with Crippen molar-refractivity contribution >= 4 is 22.8 Å². The van der Waals surface area contributed by atoms with Crippen molar-refractivity contribution in [1.82, 2.24) is 20.6 Å². The number of aromatic amines is 1. The average Bonchev–Trinajstić information content (AvgIpc) is 3.24. The molecule has 24 heavy (non-hydrogen) atoms.